The maximum Gasteiger partial charge on any atom is 0.364 e. The minimum atomic E-state index is -2.38. The average Bonchev–Trinajstić information content (AvgIpc) is 3.84. The summed E-state index contributed by atoms with van der Waals surface area (Å²) < 4.78 is 122. The predicted molar refractivity (Wildman–Crippen MR) is 239 cm³/mol. The zero-order valence-electron chi connectivity index (χ0n) is 39.5. The van der Waals surface area contributed by atoms with Crippen LogP contribution in [0.4, 0.5) is 22.0 Å². The molecule has 0 bridgehead atoms. The Bertz CT molecular complexity index is 2330. The number of aliphatic carboxylic acids is 1. The first kappa shape index (κ1) is 58.1. The third-order valence-electron chi connectivity index (χ3n) is 10.7. The van der Waals surface area contributed by atoms with E-state index in [1.807, 2.05) is 6.07 Å². The topological polar surface area (TPSA) is 267 Å². The molecule has 21 nitrogen and oxygen atoms in total. The number of carbonyl (C=O) groups is 3. The number of carboxylic acid groups (broad SMARTS) is 1. The largest absolute Gasteiger partial charge is 0.477 e. The van der Waals surface area contributed by atoms with Crippen molar-refractivity contribution >= 4 is 17.8 Å². The number of carboxylic acids is 1. The molecule has 3 aromatic carbocycles. The van der Waals surface area contributed by atoms with E-state index in [4.69, 9.17) is 42.6 Å². The van der Waals surface area contributed by atoms with Gasteiger partial charge in [-0.15, -0.1) is 5.10 Å². The molecule has 1 aromatic heterocycles. The van der Waals surface area contributed by atoms with Crippen LogP contribution < -0.4 is 14.8 Å². The predicted octanol–water partition coefficient (Wildman–Crippen LogP) is 3.10. The van der Waals surface area contributed by atoms with Crippen LogP contribution in [-0.2, 0) is 60.6 Å². The zero-order chi connectivity index (χ0) is 52.8. The summed E-state index contributed by atoms with van der Waals surface area (Å²) in [5.74, 6) is -18.7. The first-order chi connectivity index (χ1) is 35.1. The molecule has 5 N–H and O–H groups in total. The van der Waals surface area contributed by atoms with Crippen molar-refractivity contribution in [1.29, 1.82) is 0 Å². The number of ether oxygens (including phenoxy) is 10. The van der Waals surface area contributed by atoms with E-state index in [0.29, 0.717) is 30.3 Å². The molecule has 2 heterocycles. The van der Waals surface area contributed by atoms with Gasteiger partial charge >= 0.3 is 11.9 Å². The van der Waals surface area contributed by atoms with E-state index in [0.717, 1.165) is 0 Å². The Hall–Kier alpha value is -5.78. The summed E-state index contributed by atoms with van der Waals surface area (Å²) in [6.45, 7) is 2.69. The quantitative estimate of drug-likeness (QED) is 0.0115. The highest BCUT2D eigenvalue weighted by molar-refractivity contribution is 5.94. The first-order valence-corrected chi connectivity index (χ1v) is 22.9. The third kappa shape index (κ3) is 18.0. The Balaban J connectivity index is 0.863. The number of hydrogen-bond acceptors (Lipinski definition) is 18. The molecule has 26 heteroatoms. The van der Waals surface area contributed by atoms with Crippen molar-refractivity contribution in [3.63, 3.8) is 0 Å². The number of aliphatic hydroxyl groups excluding tert-OH is 3. The SMILES string of the molecule is C[C@H]1[C@H]([C@H](O)[C@H](O)CNC(=O)c2cccc(Oc3ccccc3)c2)O[C@](OCCOCCOCc2cn(CCOCCOCCOCCOCCC(=O)Oc3c(F)c(F)c(F)c(F)c3F)nn2)(C(=O)O)C[C@@H]1O. The molecule has 0 aliphatic carbocycles. The fraction of sp³-hybridized carbons (Fsp3) is 0.511. The van der Waals surface area contributed by atoms with Gasteiger partial charge in [0.15, 0.2) is 0 Å². The van der Waals surface area contributed by atoms with Gasteiger partial charge < -0.3 is 73.1 Å². The van der Waals surface area contributed by atoms with Crippen LogP contribution in [0.3, 0.4) is 0 Å². The van der Waals surface area contributed by atoms with E-state index in [9.17, 15) is 56.8 Å². The Morgan fingerprint density at radius 1 is 0.767 bits per heavy atom. The van der Waals surface area contributed by atoms with E-state index in [1.54, 1.807) is 53.3 Å². The summed E-state index contributed by atoms with van der Waals surface area (Å²) in [5, 5.41) is 53.5. The first-order valence-electron chi connectivity index (χ1n) is 22.9. The molecule has 1 saturated heterocycles. The zero-order valence-corrected chi connectivity index (χ0v) is 39.5. The number of benzene rings is 3. The molecule has 0 radical (unpaired) electrons. The summed E-state index contributed by atoms with van der Waals surface area (Å²) in [7, 11) is 0. The summed E-state index contributed by atoms with van der Waals surface area (Å²) in [5.41, 5.74) is 0.764. The average molecular weight is 1040 g/mol. The number of hydrogen-bond donors (Lipinski definition) is 5. The second kappa shape index (κ2) is 29.8. The highest BCUT2D eigenvalue weighted by atomic mass is 19.2. The Morgan fingerprint density at radius 3 is 1.99 bits per heavy atom. The van der Waals surface area contributed by atoms with Crippen molar-refractivity contribution < 1.29 is 104 Å². The highest BCUT2D eigenvalue weighted by Crippen LogP contribution is 2.36. The van der Waals surface area contributed by atoms with E-state index in [-0.39, 0.29) is 84.8 Å². The molecule has 73 heavy (non-hydrogen) atoms. The van der Waals surface area contributed by atoms with Crippen LogP contribution in [0.1, 0.15) is 35.8 Å². The van der Waals surface area contributed by atoms with Gasteiger partial charge in [0.05, 0.1) is 123 Å². The number of aromatic nitrogens is 3. The Kier molecular flexibility index (Phi) is 23.7. The van der Waals surface area contributed by atoms with Gasteiger partial charge in [-0.1, -0.05) is 36.4 Å². The fourth-order valence-corrected chi connectivity index (χ4v) is 6.78. The Morgan fingerprint density at radius 2 is 1.34 bits per heavy atom. The Labute approximate surface area is 414 Å². The van der Waals surface area contributed by atoms with Gasteiger partial charge in [0.2, 0.25) is 34.8 Å². The van der Waals surface area contributed by atoms with Gasteiger partial charge in [-0.3, -0.25) is 9.59 Å². The highest BCUT2D eigenvalue weighted by Gasteiger charge is 2.54. The van der Waals surface area contributed by atoms with Crippen molar-refractivity contribution in [2.75, 3.05) is 85.8 Å². The van der Waals surface area contributed by atoms with Crippen LogP contribution in [-0.4, -0.2) is 169 Å². The van der Waals surface area contributed by atoms with Gasteiger partial charge in [-0.05, 0) is 30.3 Å². The molecule has 0 saturated carbocycles. The molecular formula is C47H57F5N4O17. The molecule has 1 fully saturated rings. The van der Waals surface area contributed by atoms with Crippen LogP contribution in [0, 0.1) is 35.0 Å². The number of halogens is 5. The molecule has 402 valence electrons. The number of para-hydroxylation sites is 1. The molecule has 0 unspecified atom stereocenters. The number of nitrogens with one attached hydrogen (secondary N) is 1. The van der Waals surface area contributed by atoms with Crippen molar-refractivity contribution in [2.24, 2.45) is 5.92 Å². The number of aliphatic hydroxyl groups is 3. The minimum absolute atomic E-state index is 0.0323. The third-order valence-corrected chi connectivity index (χ3v) is 10.7. The second-order valence-corrected chi connectivity index (χ2v) is 16.0. The van der Waals surface area contributed by atoms with Gasteiger partial charge in [0.1, 0.15) is 23.3 Å². The molecule has 5 rings (SSSR count). The van der Waals surface area contributed by atoms with Crippen molar-refractivity contribution in [2.45, 2.75) is 63.1 Å². The van der Waals surface area contributed by atoms with Crippen molar-refractivity contribution in [3.05, 3.63) is 101 Å². The molecular weight excluding hydrogens is 988 g/mol. The van der Waals surface area contributed by atoms with Crippen molar-refractivity contribution in [1.82, 2.24) is 20.3 Å². The smallest absolute Gasteiger partial charge is 0.364 e. The molecule has 6 atom stereocenters. The molecule has 0 spiro atoms. The van der Waals surface area contributed by atoms with Gasteiger partial charge in [-0.2, -0.15) is 8.78 Å². The number of carbonyl (C=O) groups excluding carboxylic acids is 2. The summed E-state index contributed by atoms with van der Waals surface area (Å²) in [4.78, 5) is 37.1. The van der Waals surface area contributed by atoms with Gasteiger partial charge in [0, 0.05) is 24.4 Å². The molecule has 1 amide bonds. The normalized spacial score (nSPS) is 18.6. The maximum atomic E-state index is 13.6. The van der Waals surface area contributed by atoms with Crippen LogP contribution in [0.25, 0.3) is 0 Å². The van der Waals surface area contributed by atoms with E-state index in [1.165, 1.54) is 13.0 Å². The van der Waals surface area contributed by atoms with Crippen LogP contribution in [0.2, 0.25) is 0 Å². The van der Waals surface area contributed by atoms with E-state index in [2.05, 4.69) is 20.4 Å². The van der Waals surface area contributed by atoms with Crippen molar-refractivity contribution in [3.8, 4) is 17.2 Å². The van der Waals surface area contributed by atoms with Gasteiger partial charge in [-0.25, -0.2) is 22.6 Å². The summed E-state index contributed by atoms with van der Waals surface area (Å²) in [6, 6.07) is 15.3. The monoisotopic (exact) mass is 1040 g/mol. The lowest BCUT2D eigenvalue weighted by Gasteiger charge is -2.45. The van der Waals surface area contributed by atoms with Gasteiger partial charge in [0.25, 0.3) is 11.7 Å². The number of nitrogens with zero attached hydrogens (tertiary/aromatic N) is 3. The standard InChI is InChI=1S/C47H57F5N4O17/c1-29-34(57)25-47(46(62)63,73-43(29)42(60)35(58)26-53-45(61)30-6-5-9-33(24-30)71-32-7-3-2-4-8-32)70-23-22-68-20-21-69-28-31-27-56(55-54-31)11-13-65-15-17-67-19-18-66-16-14-64-12-10-36(59)72-44-40(51)38(49)37(48)39(50)41(44)52/h2-9,24,27,29,34-35,42-43,57-58,60H,10-23,25-26,28H2,1H3,(H,53,61)(H,62,63)/t29-,34+,35-,42-,43-,47+/m1/s1. The molecule has 1 aliphatic heterocycles. The lowest BCUT2D eigenvalue weighted by atomic mass is 9.84. The summed E-state index contributed by atoms with van der Waals surface area (Å²) >= 11 is 0. The molecule has 4 aromatic rings. The number of rotatable bonds is 33. The lowest BCUT2D eigenvalue weighted by molar-refractivity contribution is -0.318. The van der Waals surface area contributed by atoms with E-state index >= 15 is 0 Å². The second-order valence-electron chi connectivity index (χ2n) is 16.0. The maximum absolute atomic E-state index is 13.6. The fourth-order valence-electron chi connectivity index (χ4n) is 6.78. The lowest BCUT2D eigenvalue weighted by Crippen LogP contribution is -2.61. The molecule has 1 aliphatic rings. The van der Waals surface area contributed by atoms with Crippen LogP contribution >= 0.6 is 0 Å². The van der Waals surface area contributed by atoms with E-state index < -0.39 is 108 Å². The minimum Gasteiger partial charge on any atom is -0.477 e. The number of esters is 1. The summed E-state index contributed by atoms with van der Waals surface area (Å²) in [6.07, 6.45) is -5.39. The van der Waals surface area contributed by atoms with Crippen LogP contribution in [0.15, 0.2) is 60.8 Å². The van der Waals surface area contributed by atoms with Crippen LogP contribution in [0.5, 0.6) is 17.2 Å². The number of amides is 1.